The molecule has 1 aromatic carbocycles. The molecule has 4 aliphatic carbocycles. The van der Waals surface area contributed by atoms with E-state index in [2.05, 4.69) is 32.9 Å². The molecule has 0 radical (unpaired) electrons. The monoisotopic (exact) mass is 418 g/mol. The van der Waals surface area contributed by atoms with E-state index in [4.69, 9.17) is 4.74 Å². The van der Waals surface area contributed by atoms with Crippen LogP contribution >= 0.6 is 0 Å². The summed E-state index contributed by atoms with van der Waals surface area (Å²) in [6.07, 6.45) is 14.8. The van der Waals surface area contributed by atoms with Crippen LogP contribution in [0.5, 0.6) is 0 Å². The zero-order valence-corrected chi connectivity index (χ0v) is 19.7. The lowest BCUT2D eigenvalue weighted by molar-refractivity contribution is -0.0259. The molecule has 3 saturated carbocycles. The van der Waals surface area contributed by atoms with Gasteiger partial charge in [-0.15, -0.1) is 0 Å². The van der Waals surface area contributed by atoms with Crippen LogP contribution in [0, 0.1) is 35.5 Å². The molecule has 0 aromatic heterocycles. The van der Waals surface area contributed by atoms with Gasteiger partial charge in [0.1, 0.15) is 6.10 Å². The zero-order valence-electron chi connectivity index (χ0n) is 19.7. The van der Waals surface area contributed by atoms with Crippen LogP contribution in [0.4, 0.5) is 0 Å². The molecular formula is C29H38O2. The first-order valence-electron chi connectivity index (χ1n) is 12.5. The summed E-state index contributed by atoms with van der Waals surface area (Å²) in [5.74, 6) is 2.09. The van der Waals surface area contributed by atoms with Gasteiger partial charge in [-0.1, -0.05) is 54.8 Å². The van der Waals surface area contributed by atoms with Crippen LogP contribution in [0.15, 0.2) is 47.6 Å². The lowest BCUT2D eigenvalue weighted by Gasteiger charge is -2.56. The lowest BCUT2D eigenvalue weighted by Crippen LogP contribution is -2.48. The second kappa shape index (κ2) is 7.64. The highest BCUT2D eigenvalue weighted by Crippen LogP contribution is 2.65. The van der Waals surface area contributed by atoms with Gasteiger partial charge in [-0.05, 0) is 106 Å². The van der Waals surface area contributed by atoms with E-state index in [1.165, 1.54) is 37.7 Å². The molecule has 0 saturated heterocycles. The first kappa shape index (κ1) is 21.0. The fraction of sp³-hybridized carbons (Fsp3) is 0.621. The van der Waals surface area contributed by atoms with E-state index in [9.17, 15) is 4.79 Å². The topological polar surface area (TPSA) is 26.3 Å². The molecule has 166 valence electrons. The van der Waals surface area contributed by atoms with Crippen molar-refractivity contribution in [2.75, 3.05) is 0 Å². The third-order valence-electron chi connectivity index (χ3n) is 9.74. The molecule has 0 spiro atoms. The third kappa shape index (κ3) is 3.33. The molecule has 0 heterocycles. The number of fused-ring (bicyclic) bond motifs is 5. The van der Waals surface area contributed by atoms with Crippen molar-refractivity contribution in [2.45, 2.75) is 85.2 Å². The van der Waals surface area contributed by atoms with Crippen molar-refractivity contribution in [3.05, 3.63) is 58.7 Å². The molecule has 0 unspecified atom stereocenters. The highest BCUT2D eigenvalue weighted by molar-refractivity contribution is 5.89. The Morgan fingerprint density at radius 2 is 1.84 bits per heavy atom. The summed E-state index contributed by atoms with van der Waals surface area (Å²) in [6, 6.07) is 7.75. The molecular weight excluding hydrogens is 380 g/mol. The molecule has 5 rings (SSSR count). The van der Waals surface area contributed by atoms with Crippen LogP contribution in [0.3, 0.4) is 0 Å². The average Bonchev–Trinajstić information content (AvgIpc) is 3.10. The second-order valence-electron chi connectivity index (χ2n) is 11.2. The van der Waals surface area contributed by atoms with Crippen molar-refractivity contribution in [1.29, 1.82) is 0 Å². The molecule has 0 bridgehead atoms. The van der Waals surface area contributed by atoms with Crippen LogP contribution in [0.2, 0.25) is 0 Å². The minimum absolute atomic E-state index is 0.0685. The van der Waals surface area contributed by atoms with Crippen molar-refractivity contribution in [3.8, 4) is 0 Å². The van der Waals surface area contributed by atoms with Gasteiger partial charge in [-0.3, -0.25) is 0 Å². The molecule has 4 aliphatic rings. The third-order valence-corrected chi connectivity index (χ3v) is 9.74. The SMILES string of the molecule is C/C=C1\CC[C@H]2[C@@H]3CC[C@@H]4C[C@H](OC(=O)c5ccc(C)cc5)CC[C@]4(C)C3=CC[C@]12C. The number of carbonyl (C=O) groups excluding carboxylic acids is 1. The molecule has 6 atom stereocenters. The minimum atomic E-state index is -0.153. The fourth-order valence-electron chi connectivity index (χ4n) is 7.83. The maximum Gasteiger partial charge on any atom is 0.338 e. The number of esters is 1. The number of hydrogen-bond donors (Lipinski definition) is 0. The van der Waals surface area contributed by atoms with E-state index < -0.39 is 0 Å². The van der Waals surface area contributed by atoms with Gasteiger partial charge in [0.15, 0.2) is 0 Å². The highest BCUT2D eigenvalue weighted by Gasteiger charge is 2.55. The van der Waals surface area contributed by atoms with Crippen LogP contribution < -0.4 is 0 Å². The normalized spacial score (nSPS) is 40.5. The van der Waals surface area contributed by atoms with Crippen molar-refractivity contribution in [3.63, 3.8) is 0 Å². The Morgan fingerprint density at radius 3 is 2.58 bits per heavy atom. The summed E-state index contributed by atoms with van der Waals surface area (Å²) in [5.41, 5.74) is 6.02. The molecule has 2 heteroatoms. The molecule has 31 heavy (non-hydrogen) atoms. The van der Waals surface area contributed by atoms with Gasteiger partial charge in [0.25, 0.3) is 0 Å². The minimum Gasteiger partial charge on any atom is -0.459 e. The van der Waals surface area contributed by atoms with Crippen molar-refractivity contribution in [1.82, 2.24) is 0 Å². The fourth-order valence-corrected chi connectivity index (χ4v) is 7.83. The first-order chi connectivity index (χ1) is 14.8. The quantitative estimate of drug-likeness (QED) is 0.369. The summed E-state index contributed by atoms with van der Waals surface area (Å²) >= 11 is 0. The Morgan fingerprint density at radius 1 is 1.06 bits per heavy atom. The van der Waals surface area contributed by atoms with Gasteiger partial charge >= 0.3 is 5.97 Å². The Hall–Kier alpha value is -1.83. The van der Waals surface area contributed by atoms with Gasteiger partial charge < -0.3 is 4.74 Å². The van der Waals surface area contributed by atoms with E-state index in [0.29, 0.717) is 22.3 Å². The number of ether oxygens (including phenoxy) is 1. The van der Waals surface area contributed by atoms with Gasteiger partial charge in [0.2, 0.25) is 0 Å². The number of benzene rings is 1. The number of hydrogen-bond acceptors (Lipinski definition) is 2. The Labute approximate surface area is 188 Å². The van der Waals surface area contributed by atoms with Gasteiger partial charge in [0, 0.05) is 0 Å². The Bertz CT molecular complexity index is 923. The molecule has 0 amide bonds. The predicted molar refractivity (Wildman–Crippen MR) is 126 cm³/mol. The summed E-state index contributed by atoms with van der Waals surface area (Å²) in [7, 11) is 0. The standard InChI is InChI=1S/C29H38O2/c1-5-21-11-13-25-24-12-10-22-18-23(31-27(30)20-8-6-19(2)7-9-20)14-16-29(22,4)26(24)15-17-28(21,25)3/h5-9,15,22-25H,10-14,16-18H2,1-4H3/b21-5+/t22-,23-,24+,25+,28-,29+/m1/s1. The summed E-state index contributed by atoms with van der Waals surface area (Å²) in [4.78, 5) is 12.7. The van der Waals surface area contributed by atoms with E-state index in [1.807, 2.05) is 31.2 Å². The summed E-state index contributed by atoms with van der Waals surface area (Å²) < 4.78 is 6.00. The van der Waals surface area contributed by atoms with E-state index >= 15 is 0 Å². The molecule has 0 N–H and O–H groups in total. The molecule has 3 fully saturated rings. The maximum atomic E-state index is 12.7. The van der Waals surface area contributed by atoms with E-state index in [1.54, 1.807) is 11.1 Å². The Balaban J connectivity index is 1.31. The van der Waals surface area contributed by atoms with Crippen LogP contribution in [-0.4, -0.2) is 12.1 Å². The predicted octanol–water partition coefficient (Wildman–Crippen LogP) is 7.43. The smallest absolute Gasteiger partial charge is 0.338 e. The van der Waals surface area contributed by atoms with E-state index in [0.717, 1.165) is 31.1 Å². The van der Waals surface area contributed by atoms with Crippen molar-refractivity contribution < 1.29 is 9.53 Å². The molecule has 2 nitrogen and oxygen atoms in total. The number of carbonyl (C=O) groups is 1. The molecule has 0 aliphatic heterocycles. The van der Waals surface area contributed by atoms with Gasteiger partial charge in [-0.2, -0.15) is 0 Å². The van der Waals surface area contributed by atoms with Crippen molar-refractivity contribution >= 4 is 5.97 Å². The van der Waals surface area contributed by atoms with E-state index in [-0.39, 0.29) is 12.1 Å². The van der Waals surface area contributed by atoms with Crippen LogP contribution in [0.25, 0.3) is 0 Å². The number of allylic oxidation sites excluding steroid dienone is 4. The largest absolute Gasteiger partial charge is 0.459 e. The van der Waals surface area contributed by atoms with Gasteiger partial charge in [0.05, 0.1) is 5.56 Å². The maximum absolute atomic E-state index is 12.7. The summed E-state index contributed by atoms with van der Waals surface area (Å²) in [5, 5.41) is 0. The number of aryl methyl sites for hydroxylation is 1. The highest BCUT2D eigenvalue weighted by atomic mass is 16.5. The number of rotatable bonds is 2. The van der Waals surface area contributed by atoms with Crippen molar-refractivity contribution in [2.24, 2.45) is 28.6 Å². The Kier molecular flexibility index (Phi) is 5.19. The summed E-state index contributed by atoms with van der Waals surface area (Å²) in [6.45, 7) is 9.34. The lowest BCUT2D eigenvalue weighted by atomic mass is 9.49. The van der Waals surface area contributed by atoms with Gasteiger partial charge in [-0.25, -0.2) is 4.79 Å². The van der Waals surface area contributed by atoms with Crippen LogP contribution in [0.1, 0.15) is 88.1 Å². The second-order valence-corrected chi connectivity index (χ2v) is 11.2. The van der Waals surface area contributed by atoms with Crippen LogP contribution in [-0.2, 0) is 4.74 Å². The molecule has 1 aromatic rings. The zero-order chi connectivity index (χ0) is 21.8. The average molecular weight is 419 g/mol. The first-order valence-corrected chi connectivity index (χ1v) is 12.5.